The van der Waals surface area contributed by atoms with Crippen LogP contribution < -0.4 is 0 Å². The lowest BCUT2D eigenvalue weighted by molar-refractivity contribution is -0.138. The fourth-order valence-electron chi connectivity index (χ4n) is 3.60. The first-order valence-electron chi connectivity index (χ1n) is 9.63. The van der Waals surface area contributed by atoms with Gasteiger partial charge in [-0.3, -0.25) is 0 Å². The molecule has 0 heterocycles. The summed E-state index contributed by atoms with van der Waals surface area (Å²) in [6.07, 6.45) is 20.2. The van der Waals surface area contributed by atoms with Crippen LogP contribution in [0.3, 0.4) is 0 Å². The van der Waals surface area contributed by atoms with Crippen LogP contribution in [0.4, 0.5) is 0 Å². The molecule has 1 aliphatic rings. The minimum atomic E-state index is -1.60. The second-order valence-corrected chi connectivity index (χ2v) is 8.72. The number of aliphatic carboxylic acids is 1. The molecule has 0 spiro atoms. The van der Waals surface area contributed by atoms with Crippen molar-refractivity contribution in [3.63, 3.8) is 0 Å². The molecule has 0 aromatic rings. The van der Waals surface area contributed by atoms with Gasteiger partial charge in [0.25, 0.3) is 0 Å². The van der Waals surface area contributed by atoms with E-state index in [1.807, 2.05) is 0 Å². The number of carbonyl (C=O) groups is 1. The van der Waals surface area contributed by atoms with Gasteiger partial charge < -0.3 is 5.11 Å². The molecular formula is C19H34Cl2O2. The van der Waals surface area contributed by atoms with Crippen LogP contribution in [0.2, 0.25) is 0 Å². The van der Waals surface area contributed by atoms with Gasteiger partial charge >= 0.3 is 5.97 Å². The van der Waals surface area contributed by atoms with Crippen LogP contribution in [0, 0.1) is 5.92 Å². The third-order valence-electron chi connectivity index (χ3n) is 5.14. The fourth-order valence-corrected chi connectivity index (χ4v) is 3.87. The molecule has 1 N–H and O–H groups in total. The summed E-state index contributed by atoms with van der Waals surface area (Å²) < 4.78 is -1.60. The van der Waals surface area contributed by atoms with E-state index in [0.717, 1.165) is 25.2 Å². The third kappa shape index (κ3) is 10.5. The Morgan fingerprint density at radius 3 is 1.83 bits per heavy atom. The first kappa shape index (κ1) is 21.1. The zero-order valence-electron chi connectivity index (χ0n) is 14.5. The van der Waals surface area contributed by atoms with E-state index >= 15 is 0 Å². The second kappa shape index (κ2) is 12.4. The van der Waals surface area contributed by atoms with Crippen LogP contribution in [-0.2, 0) is 4.79 Å². The number of hydrogen-bond acceptors (Lipinski definition) is 1. The van der Waals surface area contributed by atoms with Crippen molar-refractivity contribution in [2.24, 2.45) is 5.92 Å². The van der Waals surface area contributed by atoms with Crippen LogP contribution in [0.15, 0.2) is 0 Å². The van der Waals surface area contributed by atoms with Crippen molar-refractivity contribution in [1.29, 1.82) is 0 Å². The zero-order valence-corrected chi connectivity index (χ0v) is 16.0. The molecule has 1 rings (SSSR count). The number of carboxylic acids is 1. The molecule has 1 aliphatic carbocycles. The van der Waals surface area contributed by atoms with Crippen LogP contribution in [0.5, 0.6) is 0 Å². The Morgan fingerprint density at radius 1 is 0.826 bits per heavy atom. The Morgan fingerprint density at radius 2 is 1.30 bits per heavy atom. The molecule has 0 atom stereocenters. The minimum Gasteiger partial charge on any atom is -0.479 e. The highest BCUT2D eigenvalue weighted by Crippen LogP contribution is 2.29. The lowest BCUT2D eigenvalue weighted by atomic mass is 9.85. The van der Waals surface area contributed by atoms with Gasteiger partial charge in [0.05, 0.1) is 0 Å². The van der Waals surface area contributed by atoms with E-state index in [4.69, 9.17) is 28.3 Å². The largest absolute Gasteiger partial charge is 0.479 e. The number of hydrogen-bond donors (Lipinski definition) is 1. The van der Waals surface area contributed by atoms with E-state index in [1.165, 1.54) is 77.0 Å². The van der Waals surface area contributed by atoms with Gasteiger partial charge in [0.15, 0.2) is 0 Å². The van der Waals surface area contributed by atoms with Crippen molar-refractivity contribution in [3.8, 4) is 0 Å². The predicted molar refractivity (Wildman–Crippen MR) is 99.4 cm³/mol. The smallest absolute Gasteiger partial charge is 0.340 e. The highest BCUT2D eigenvalue weighted by Gasteiger charge is 2.32. The van der Waals surface area contributed by atoms with Gasteiger partial charge in [-0.05, 0) is 18.8 Å². The summed E-state index contributed by atoms with van der Waals surface area (Å²) in [6.45, 7) is 0. The van der Waals surface area contributed by atoms with E-state index in [9.17, 15) is 4.79 Å². The first-order valence-corrected chi connectivity index (χ1v) is 10.4. The molecule has 0 radical (unpaired) electrons. The summed E-state index contributed by atoms with van der Waals surface area (Å²) in [4.78, 5) is 10.7. The van der Waals surface area contributed by atoms with Gasteiger partial charge in [-0.15, -0.1) is 0 Å². The van der Waals surface area contributed by atoms with Crippen LogP contribution >= 0.6 is 23.2 Å². The number of carboxylic acid groups (broad SMARTS) is 1. The molecule has 0 unspecified atom stereocenters. The van der Waals surface area contributed by atoms with Crippen molar-refractivity contribution in [3.05, 3.63) is 0 Å². The van der Waals surface area contributed by atoms with Gasteiger partial charge in [-0.2, -0.15) is 0 Å². The van der Waals surface area contributed by atoms with Crippen molar-refractivity contribution >= 4 is 29.2 Å². The molecule has 4 heteroatoms. The van der Waals surface area contributed by atoms with E-state index in [2.05, 4.69) is 0 Å². The summed E-state index contributed by atoms with van der Waals surface area (Å²) in [7, 11) is 0. The normalized spacial score (nSPS) is 16.6. The van der Waals surface area contributed by atoms with E-state index < -0.39 is 10.3 Å². The molecule has 1 fully saturated rings. The molecule has 0 amide bonds. The lowest BCUT2D eigenvalue weighted by Crippen LogP contribution is -2.25. The Kier molecular flexibility index (Phi) is 11.4. The Bertz CT molecular complexity index is 312. The van der Waals surface area contributed by atoms with Gasteiger partial charge in [-0.1, -0.05) is 113 Å². The van der Waals surface area contributed by atoms with Crippen molar-refractivity contribution < 1.29 is 9.90 Å². The highest BCUT2D eigenvalue weighted by molar-refractivity contribution is 6.57. The summed E-state index contributed by atoms with van der Waals surface area (Å²) in [5.74, 6) is -0.0976. The second-order valence-electron chi connectivity index (χ2n) is 7.23. The molecule has 0 aromatic carbocycles. The van der Waals surface area contributed by atoms with Crippen molar-refractivity contribution in [2.75, 3.05) is 0 Å². The Labute approximate surface area is 152 Å². The number of halogens is 2. The summed E-state index contributed by atoms with van der Waals surface area (Å²) >= 11 is 11.4. The third-order valence-corrected chi connectivity index (χ3v) is 5.84. The van der Waals surface area contributed by atoms with E-state index in [0.29, 0.717) is 6.42 Å². The van der Waals surface area contributed by atoms with Gasteiger partial charge in [0.2, 0.25) is 4.33 Å². The van der Waals surface area contributed by atoms with Crippen LogP contribution in [0.1, 0.15) is 103 Å². The molecule has 0 aromatic heterocycles. The van der Waals surface area contributed by atoms with Crippen molar-refractivity contribution in [2.45, 2.75) is 107 Å². The van der Waals surface area contributed by atoms with Gasteiger partial charge in [0, 0.05) is 0 Å². The van der Waals surface area contributed by atoms with Gasteiger partial charge in [0.1, 0.15) is 0 Å². The molecular weight excluding hydrogens is 331 g/mol. The van der Waals surface area contributed by atoms with E-state index in [1.54, 1.807) is 0 Å². The first-order chi connectivity index (χ1) is 11.0. The number of rotatable bonds is 13. The molecule has 23 heavy (non-hydrogen) atoms. The summed E-state index contributed by atoms with van der Waals surface area (Å²) in [5.41, 5.74) is 0. The molecule has 1 saturated carbocycles. The SMILES string of the molecule is O=C(O)C(Cl)(Cl)CCCCCCCCCCCC1CCCCC1. The quantitative estimate of drug-likeness (QED) is 0.279. The van der Waals surface area contributed by atoms with Crippen molar-refractivity contribution in [1.82, 2.24) is 0 Å². The van der Waals surface area contributed by atoms with Crippen LogP contribution in [-0.4, -0.2) is 15.4 Å². The molecule has 136 valence electrons. The predicted octanol–water partition coefficient (Wildman–Crippen LogP) is 7.12. The van der Waals surface area contributed by atoms with Crippen LogP contribution in [0.25, 0.3) is 0 Å². The maximum absolute atomic E-state index is 10.7. The zero-order chi connectivity index (χ0) is 17.0. The Hall–Kier alpha value is 0.0500. The maximum Gasteiger partial charge on any atom is 0.340 e. The molecule has 2 nitrogen and oxygen atoms in total. The fraction of sp³-hybridized carbons (Fsp3) is 0.947. The number of unbranched alkanes of at least 4 members (excludes halogenated alkanes) is 8. The lowest BCUT2D eigenvalue weighted by Gasteiger charge is -2.21. The number of alkyl halides is 2. The molecule has 0 saturated heterocycles. The maximum atomic E-state index is 10.7. The molecule has 0 aliphatic heterocycles. The average Bonchev–Trinajstić information content (AvgIpc) is 2.53. The standard InChI is InChI=1S/C19H34Cl2O2/c20-19(21,18(22)23)16-12-7-5-3-1-2-4-6-9-13-17-14-10-8-11-15-17/h17H,1-16H2,(H,22,23). The average molecular weight is 365 g/mol. The monoisotopic (exact) mass is 364 g/mol. The molecule has 0 bridgehead atoms. The summed E-state index contributed by atoms with van der Waals surface area (Å²) in [6, 6.07) is 0. The topological polar surface area (TPSA) is 37.3 Å². The Balaban J connectivity index is 1.80. The van der Waals surface area contributed by atoms with E-state index in [-0.39, 0.29) is 0 Å². The minimum absolute atomic E-state index is 0.340. The van der Waals surface area contributed by atoms with Gasteiger partial charge in [-0.25, -0.2) is 4.79 Å². The summed E-state index contributed by atoms with van der Waals surface area (Å²) in [5, 5.41) is 8.80. The highest BCUT2D eigenvalue weighted by atomic mass is 35.5.